The van der Waals surface area contributed by atoms with Gasteiger partial charge in [-0.1, -0.05) is 6.07 Å². The molecule has 1 N–H and O–H groups in total. The van der Waals surface area contributed by atoms with E-state index >= 15 is 0 Å². The second-order valence-corrected chi connectivity index (χ2v) is 5.19. The molecular weight excluding hydrogens is 283 g/mol. The summed E-state index contributed by atoms with van der Waals surface area (Å²) in [6.45, 7) is 1.96. The molecule has 0 aliphatic carbocycles. The van der Waals surface area contributed by atoms with Crippen LogP contribution in [0.4, 0.5) is 4.39 Å². The lowest BCUT2D eigenvalue weighted by atomic mass is 10.1. The van der Waals surface area contributed by atoms with Gasteiger partial charge in [0.25, 0.3) is 0 Å². The number of hydrogen-bond donors (Lipinski definition) is 1. The van der Waals surface area contributed by atoms with Gasteiger partial charge in [0.15, 0.2) is 0 Å². The Morgan fingerprint density at radius 2 is 2.00 bits per heavy atom. The van der Waals surface area contributed by atoms with Crippen molar-refractivity contribution in [3.05, 3.63) is 59.7 Å². The third kappa shape index (κ3) is 2.57. The van der Waals surface area contributed by atoms with Crippen molar-refractivity contribution in [3.63, 3.8) is 0 Å². The van der Waals surface area contributed by atoms with Crippen LogP contribution in [-0.4, -0.2) is 20.5 Å². The smallest absolute Gasteiger partial charge is 0.303 e. The standard InChI is InChI=1S/C17H15FN2O2/c1-11-3-2-10-20-14(8-9-15(21)22)16(19-17(11)20)12-4-6-13(18)7-5-12/h2-7,10H,8-9H2,1H3,(H,21,22). The molecule has 112 valence electrons. The first kappa shape index (κ1) is 14.3. The van der Waals surface area contributed by atoms with Crippen molar-refractivity contribution in [1.29, 1.82) is 0 Å². The molecule has 3 aromatic rings. The Balaban J connectivity index is 2.18. The molecule has 3 rings (SSSR count). The van der Waals surface area contributed by atoms with Gasteiger partial charge in [-0.25, -0.2) is 9.37 Å². The molecule has 0 atom stereocenters. The number of carbonyl (C=O) groups is 1. The third-order valence-corrected chi connectivity index (χ3v) is 3.64. The summed E-state index contributed by atoms with van der Waals surface area (Å²) < 4.78 is 15.0. The molecule has 4 nitrogen and oxygen atoms in total. The number of carboxylic acids is 1. The number of aryl methyl sites for hydroxylation is 2. The molecule has 0 spiro atoms. The van der Waals surface area contributed by atoms with Gasteiger partial charge < -0.3 is 9.51 Å². The summed E-state index contributed by atoms with van der Waals surface area (Å²) in [5, 5.41) is 8.96. The fraction of sp³-hybridized carbons (Fsp3) is 0.176. The van der Waals surface area contributed by atoms with Gasteiger partial charge in [-0.05, 0) is 42.8 Å². The quantitative estimate of drug-likeness (QED) is 0.802. The van der Waals surface area contributed by atoms with Gasteiger partial charge in [-0.3, -0.25) is 4.79 Å². The van der Waals surface area contributed by atoms with Crippen LogP contribution in [0.5, 0.6) is 0 Å². The van der Waals surface area contributed by atoms with Gasteiger partial charge in [0.1, 0.15) is 11.5 Å². The largest absolute Gasteiger partial charge is 0.481 e. The number of imidazole rings is 1. The average molecular weight is 298 g/mol. The molecule has 0 unspecified atom stereocenters. The first-order chi connectivity index (χ1) is 10.6. The lowest BCUT2D eigenvalue weighted by Crippen LogP contribution is -2.01. The molecule has 5 heteroatoms. The fourth-order valence-corrected chi connectivity index (χ4v) is 2.56. The second-order valence-electron chi connectivity index (χ2n) is 5.19. The molecular formula is C17H15FN2O2. The molecule has 0 bridgehead atoms. The number of nitrogens with zero attached hydrogens (tertiary/aromatic N) is 2. The Kier molecular flexibility index (Phi) is 3.63. The molecule has 0 saturated heterocycles. The Hall–Kier alpha value is -2.69. The summed E-state index contributed by atoms with van der Waals surface area (Å²) in [6, 6.07) is 9.95. The number of rotatable bonds is 4. The van der Waals surface area contributed by atoms with Crippen LogP contribution in [0.2, 0.25) is 0 Å². The van der Waals surface area contributed by atoms with E-state index in [1.165, 1.54) is 12.1 Å². The number of aromatic nitrogens is 2. The topological polar surface area (TPSA) is 54.6 Å². The van der Waals surface area contributed by atoms with Crippen molar-refractivity contribution in [3.8, 4) is 11.3 Å². The molecule has 0 radical (unpaired) electrons. The monoisotopic (exact) mass is 298 g/mol. The van der Waals surface area contributed by atoms with Crippen LogP contribution in [0.3, 0.4) is 0 Å². The zero-order chi connectivity index (χ0) is 15.7. The van der Waals surface area contributed by atoms with Crippen molar-refractivity contribution in [2.24, 2.45) is 0 Å². The van der Waals surface area contributed by atoms with E-state index in [9.17, 15) is 9.18 Å². The number of fused-ring (bicyclic) bond motifs is 1. The Morgan fingerprint density at radius 1 is 1.27 bits per heavy atom. The number of benzene rings is 1. The number of carboxylic acid groups (broad SMARTS) is 1. The highest BCUT2D eigenvalue weighted by Crippen LogP contribution is 2.27. The van der Waals surface area contributed by atoms with E-state index in [4.69, 9.17) is 5.11 Å². The molecule has 1 aromatic carbocycles. The van der Waals surface area contributed by atoms with Crippen molar-refractivity contribution in [2.45, 2.75) is 19.8 Å². The highest BCUT2D eigenvalue weighted by atomic mass is 19.1. The lowest BCUT2D eigenvalue weighted by molar-refractivity contribution is -0.136. The van der Waals surface area contributed by atoms with Crippen molar-refractivity contribution in [2.75, 3.05) is 0 Å². The minimum Gasteiger partial charge on any atom is -0.481 e. The molecule has 0 amide bonds. The summed E-state index contributed by atoms with van der Waals surface area (Å²) in [6.07, 6.45) is 2.27. The second kappa shape index (κ2) is 5.60. The summed E-state index contributed by atoms with van der Waals surface area (Å²) in [5.41, 5.74) is 4.11. The van der Waals surface area contributed by atoms with Crippen LogP contribution in [0, 0.1) is 12.7 Å². The predicted molar refractivity (Wildman–Crippen MR) is 81.3 cm³/mol. The van der Waals surface area contributed by atoms with Crippen LogP contribution in [-0.2, 0) is 11.2 Å². The average Bonchev–Trinajstić information content (AvgIpc) is 2.86. The van der Waals surface area contributed by atoms with Crippen molar-refractivity contribution in [1.82, 2.24) is 9.38 Å². The lowest BCUT2D eigenvalue weighted by Gasteiger charge is -2.04. The van der Waals surface area contributed by atoms with Gasteiger partial charge in [-0.2, -0.15) is 0 Å². The van der Waals surface area contributed by atoms with E-state index in [0.717, 1.165) is 22.5 Å². The predicted octanol–water partition coefficient (Wildman–Crippen LogP) is 3.47. The summed E-state index contributed by atoms with van der Waals surface area (Å²) >= 11 is 0. The van der Waals surface area contributed by atoms with Gasteiger partial charge in [-0.15, -0.1) is 0 Å². The van der Waals surface area contributed by atoms with E-state index < -0.39 is 5.97 Å². The number of pyridine rings is 1. The van der Waals surface area contributed by atoms with Crippen LogP contribution in [0.15, 0.2) is 42.6 Å². The molecule has 0 aliphatic rings. The summed E-state index contributed by atoms with van der Waals surface area (Å²) in [5.74, 6) is -1.16. The maximum absolute atomic E-state index is 13.1. The van der Waals surface area contributed by atoms with Gasteiger partial charge in [0, 0.05) is 18.2 Å². The Bertz CT molecular complexity index is 838. The number of hydrogen-bond acceptors (Lipinski definition) is 2. The summed E-state index contributed by atoms with van der Waals surface area (Å²) in [7, 11) is 0. The molecule has 2 aromatic heterocycles. The highest BCUT2D eigenvalue weighted by molar-refractivity contribution is 5.70. The number of halogens is 1. The van der Waals surface area contributed by atoms with Crippen LogP contribution in [0.1, 0.15) is 17.7 Å². The van der Waals surface area contributed by atoms with Crippen molar-refractivity contribution >= 4 is 11.6 Å². The van der Waals surface area contributed by atoms with E-state index in [1.54, 1.807) is 12.1 Å². The molecule has 0 aliphatic heterocycles. The van der Waals surface area contributed by atoms with Crippen LogP contribution < -0.4 is 0 Å². The highest BCUT2D eigenvalue weighted by Gasteiger charge is 2.16. The normalized spacial score (nSPS) is 11.0. The van der Waals surface area contributed by atoms with Gasteiger partial charge in [0.05, 0.1) is 17.8 Å². The minimum atomic E-state index is -0.854. The maximum Gasteiger partial charge on any atom is 0.303 e. The van der Waals surface area contributed by atoms with Crippen molar-refractivity contribution < 1.29 is 14.3 Å². The molecule has 0 saturated carbocycles. The summed E-state index contributed by atoms with van der Waals surface area (Å²) in [4.78, 5) is 15.5. The van der Waals surface area contributed by atoms with Crippen LogP contribution >= 0.6 is 0 Å². The first-order valence-corrected chi connectivity index (χ1v) is 7.00. The zero-order valence-corrected chi connectivity index (χ0v) is 12.1. The maximum atomic E-state index is 13.1. The fourth-order valence-electron chi connectivity index (χ4n) is 2.56. The Morgan fingerprint density at radius 3 is 2.68 bits per heavy atom. The molecule has 22 heavy (non-hydrogen) atoms. The molecule has 0 fully saturated rings. The Labute approximate surface area is 126 Å². The van der Waals surface area contributed by atoms with E-state index in [0.29, 0.717) is 12.1 Å². The van der Waals surface area contributed by atoms with E-state index in [1.807, 2.05) is 29.7 Å². The zero-order valence-electron chi connectivity index (χ0n) is 12.1. The van der Waals surface area contributed by atoms with E-state index in [-0.39, 0.29) is 12.2 Å². The first-order valence-electron chi connectivity index (χ1n) is 7.00. The van der Waals surface area contributed by atoms with E-state index in [2.05, 4.69) is 4.98 Å². The molecule has 2 heterocycles. The number of aliphatic carboxylic acids is 1. The minimum absolute atomic E-state index is 0.0237. The SMILES string of the molecule is Cc1cccn2c(CCC(=O)O)c(-c3ccc(F)cc3)nc12. The van der Waals surface area contributed by atoms with Gasteiger partial charge >= 0.3 is 5.97 Å². The van der Waals surface area contributed by atoms with Crippen LogP contribution in [0.25, 0.3) is 16.9 Å². The van der Waals surface area contributed by atoms with Gasteiger partial charge in [0.2, 0.25) is 0 Å². The third-order valence-electron chi connectivity index (χ3n) is 3.64.